The van der Waals surface area contributed by atoms with Crippen LogP contribution in [0.2, 0.25) is 0 Å². The Morgan fingerprint density at radius 1 is 1.03 bits per heavy atom. The van der Waals surface area contributed by atoms with E-state index in [4.69, 9.17) is 5.73 Å². The van der Waals surface area contributed by atoms with Gasteiger partial charge in [-0.05, 0) is 53.8 Å². The van der Waals surface area contributed by atoms with Gasteiger partial charge < -0.3 is 15.7 Å². The van der Waals surface area contributed by atoms with Crippen LogP contribution in [0, 0.1) is 0 Å². The fourth-order valence-corrected chi connectivity index (χ4v) is 5.21. The topological polar surface area (TPSA) is 114 Å². The number of hydrogen-bond acceptors (Lipinski definition) is 7. The molecule has 1 amide bonds. The Morgan fingerprint density at radius 3 is 2.35 bits per heavy atom. The van der Waals surface area contributed by atoms with Crippen molar-refractivity contribution in [3.05, 3.63) is 84.7 Å². The molecule has 1 aromatic heterocycles. The van der Waals surface area contributed by atoms with Gasteiger partial charge in [0.15, 0.2) is 0 Å². The van der Waals surface area contributed by atoms with Crippen molar-refractivity contribution in [3.8, 4) is 11.1 Å². The molecule has 0 saturated carbocycles. The van der Waals surface area contributed by atoms with Crippen molar-refractivity contribution < 1.29 is 19.5 Å². The highest BCUT2D eigenvalue weighted by Gasteiger charge is 2.35. The molecule has 2 atom stereocenters. The Kier molecular flexibility index (Phi) is 9.26. The number of rotatable bonds is 10. The largest absolute Gasteiger partial charge is 0.480 e. The van der Waals surface area contributed by atoms with Gasteiger partial charge in [0.2, 0.25) is 5.12 Å². The van der Waals surface area contributed by atoms with Crippen molar-refractivity contribution in [2.75, 3.05) is 12.9 Å². The summed E-state index contributed by atoms with van der Waals surface area (Å²) < 4.78 is 0. The fourth-order valence-electron chi connectivity index (χ4n) is 3.49. The normalized spacial score (nSPS) is 12.5. The van der Waals surface area contributed by atoms with E-state index in [9.17, 15) is 19.5 Å². The van der Waals surface area contributed by atoms with E-state index in [1.165, 1.54) is 11.8 Å². The predicted octanol–water partition coefficient (Wildman–Crippen LogP) is 4.00. The van der Waals surface area contributed by atoms with Crippen molar-refractivity contribution in [1.29, 1.82) is 0 Å². The van der Waals surface area contributed by atoms with Gasteiger partial charge in [-0.15, -0.1) is 0 Å². The summed E-state index contributed by atoms with van der Waals surface area (Å²) in [7, 11) is 0. The number of carboxylic acids is 1. The van der Waals surface area contributed by atoms with Gasteiger partial charge in [-0.25, -0.2) is 4.79 Å². The molecule has 3 N–H and O–H groups in total. The summed E-state index contributed by atoms with van der Waals surface area (Å²) >= 11 is 2.25. The minimum absolute atomic E-state index is 0.0704. The monoisotopic (exact) mass is 495 g/mol. The highest BCUT2D eigenvalue weighted by molar-refractivity contribution is 8.16. The van der Waals surface area contributed by atoms with Gasteiger partial charge in [0, 0.05) is 22.9 Å². The van der Waals surface area contributed by atoms with Crippen LogP contribution in [-0.4, -0.2) is 56.2 Å². The van der Waals surface area contributed by atoms with E-state index in [0.29, 0.717) is 16.0 Å². The van der Waals surface area contributed by atoms with E-state index in [-0.39, 0.29) is 18.2 Å². The maximum Gasteiger partial charge on any atom is 0.326 e. The molecular weight excluding hydrogens is 470 g/mol. The Hall–Kier alpha value is -3.14. The van der Waals surface area contributed by atoms with Crippen molar-refractivity contribution in [2.45, 2.75) is 22.6 Å². The number of aromatic nitrogens is 1. The molecule has 9 heteroatoms. The lowest BCUT2D eigenvalue weighted by molar-refractivity contribution is -0.142. The first-order valence-corrected chi connectivity index (χ1v) is 12.6. The van der Waals surface area contributed by atoms with Crippen molar-refractivity contribution in [1.82, 2.24) is 9.88 Å². The number of aliphatic carboxylic acids is 1. The van der Waals surface area contributed by atoms with Crippen LogP contribution in [-0.2, 0) is 9.59 Å². The quantitative estimate of drug-likeness (QED) is 0.320. The molecule has 3 rings (SSSR count). The second-order valence-corrected chi connectivity index (χ2v) is 9.41. The maximum absolute atomic E-state index is 13.5. The lowest BCUT2D eigenvalue weighted by atomic mass is 9.98. The zero-order valence-electron chi connectivity index (χ0n) is 18.5. The van der Waals surface area contributed by atoms with E-state index in [1.807, 2.05) is 42.5 Å². The van der Waals surface area contributed by atoms with Crippen LogP contribution in [0.3, 0.4) is 0 Å². The molecule has 1 unspecified atom stereocenters. The summed E-state index contributed by atoms with van der Waals surface area (Å²) in [6, 6.07) is 18.6. The van der Waals surface area contributed by atoms with E-state index in [1.54, 1.807) is 42.9 Å². The molecule has 0 bridgehead atoms. The first kappa shape index (κ1) is 25.5. The number of nitrogens with two attached hydrogens (primary N) is 1. The van der Waals surface area contributed by atoms with Crippen LogP contribution in [0.25, 0.3) is 11.1 Å². The number of carbonyl (C=O) groups is 3. The van der Waals surface area contributed by atoms with Gasteiger partial charge in [0.05, 0.1) is 11.9 Å². The summed E-state index contributed by atoms with van der Waals surface area (Å²) in [4.78, 5) is 44.4. The van der Waals surface area contributed by atoms with E-state index in [0.717, 1.165) is 22.2 Å². The molecular formula is C25H25N3O4S2. The average molecular weight is 496 g/mol. The lowest BCUT2D eigenvalue weighted by Crippen LogP contribution is -2.49. The summed E-state index contributed by atoms with van der Waals surface area (Å²) in [5.74, 6) is -1.71. The third kappa shape index (κ3) is 6.25. The Bertz CT molecular complexity index is 1130. The number of pyridine rings is 1. The molecule has 0 aliphatic heterocycles. The molecule has 1 heterocycles. The van der Waals surface area contributed by atoms with Crippen molar-refractivity contribution >= 4 is 40.5 Å². The smallest absolute Gasteiger partial charge is 0.326 e. The lowest BCUT2D eigenvalue weighted by Gasteiger charge is -2.30. The van der Waals surface area contributed by atoms with Crippen molar-refractivity contribution in [3.63, 3.8) is 0 Å². The molecule has 34 heavy (non-hydrogen) atoms. The van der Waals surface area contributed by atoms with Crippen LogP contribution in [0.4, 0.5) is 0 Å². The molecule has 0 aliphatic rings. The molecule has 0 fully saturated rings. The van der Waals surface area contributed by atoms with E-state index in [2.05, 4.69) is 4.98 Å². The van der Waals surface area contributed by atoms with Crippen LogP contribution in [0.5, 0.6) is 0 Å². The first-order chi connectivity index (χ1) is 16.5. The summed E-state index contributed by atoms with van der Waals surface area (Å²) in [6.07, 6.45) is 4.85. The number of thioether (sulfide) groups is 2. The minimum atomic E-state index is -1.27. The van der Waals surface area contributed by atoms with E-state index >= 15 is 0 Å². The average Bonchev–Trinajstić information content (AvgIpc) is 2.87. The van der Waals surface area contributed by atoms with Gasteiger partial charge in [-0.2, -0.15) is 11.8 Å². The number of amides is 1. The Morgan fingerprint density at radius 2 is 1.74 bits per heavy atom. The molecule has 3 aromatic rings. The Balaban J connectivity index is 1.86. The molecule has 176 valence electrons. The standard InChI is InChI=1S/C25H25N3O4S2/c1-33-22(25(32)34-18-10-7-13-27-15-18)14-21(24(30)31)28(16-26)23(29)20-12-6-5-11-19(20)17-8-3-2-4-9-17/h2-13,15,21-22H,14,16,26H2,1H3,(H,30,31)/t21-,22?/m0/s1. The van der Waals surface area contributed by atoms with Gasteiger partial charge in [-0.1, -0.05) is 48.5 Å². The second kappa shape index (κ2) is 12.4. The highest BCUT2D eigenvalue weighted by atomic mass is 32.2. The zero-order valence-corrected chi connectivity index (χ0v) is 20.2. The number of hydrogen-bond donors (Lipinski definition) is 2. The zero-order chi connectivity index (χ0) is 24.5. The molecule has 0 radical (unpaired) electrons. The Labute approximate surface area is 206 Å². The van der Waals surface area contributed by atoms with Crippen LogP contribution in [0.15, 0.2) is 84.0 Å². The van der Waals surface area contributed by atoms with Gasteiger partial charge in [-0.3, -0.25) is 14.6 Å². The number of nitrogens with zero attached hydrogens (tertiary/aromatic N) is 2. The maximum atomic E-state index is 13.5. The predicted molar refractivity (Wildman–Crippen MR) is 136 cm³/mol. The fraction of sp³-hybridized carbons (Fsp3) is 0.200. The number of benzene rings is 2. The van der Waals surface area contributed by atoms with Crippen LogP contribution >= 0.6 is 23.5 Å². The van der Waals surface area contributed by atoms with E-state index < -0.39 is 23.2 Å². The molecule has 2 aromatic carbocycles. The van der Waals surface area contributed by atoms with Gasteiger partial charge in [0.25, 0.3) is 5.91 Å². The third-order valence-corrected chi connectivity index (χ3v) is 7.29. The van der Waals surface area contributed by atoms with Gasteiger partial charge in [0.1, 0.15) is 6.04 Å². The highest BCUT2D eigenvalue weighted by Crippen LogP contribution is 2.29. The molecule has 0 saturated heterocycles. The van der Waals surface area contributed by atoms with Gasteiger partial charge >= 0.3 is 5.97 Å². The summed E-state index contributed by atoms with van der Waals surface area (Å²) in [6.45, 7) is -0.302. The number of carbonyl (C=O) groups excluding carboxylic acids is 2. The van der Waals surface area contributed by atoms with Crippen LogP contribution in [0.1, 0.15) is 16.8 Å². The minimum Gasteiger partial charge on any atom is -0.480 e. The number of carboxylic acid groups (broad SMARTS) is 1. The van der Waals surface area contributed by atoms with Crippen LogP contribution < -0.4 is 5.73 Å². The summed E-state index contributed by atoms with van der Waals surface area (Å²) in [5, 5.41) is 9.12. The molecule has 7 nitrogen and oxygen atoms in total. The van der Waals surface area contributed by atoms with Crippen molar-refractivity contribution in [2.24, 2.45) is 5.73 Å². The summed E-state index contributed by atoms with van der Waals surface area (Å²) in [5.41, 5.74) is 7.76. The second-order valence-electron chi connectivity index (χ2n) is 7.29. The molecule has 0 spiro atoms. The molecule has 0 aliphatic carbocycles. The third-order valence-electron chi connectivity index (χ3n) is 5.20. The first-order valence-electron chi connectivity index (χ1n) is 10.5. The SMILES string of the molecule is CSC(C[C@@H](C(=O)O)N(CN)C(=O)c1ccccc1-c1ccccc1)C(=O)Sc1cccnc1.